The van der Waals surface area contributed by atoms with Crippen LogP contribution >= 0.6 is 0 Å². The molecule has 2 aliphatic rings. The van der Waals surface area contributed by atoms with Crippen molar-refractivity contribution >= 4 is 11.8 Å². The first-order valence-corrected chi connectivity index (χ1v) is 8.04. The second-order valence-electron chi connectivity index (χ2n) is 5.93. The van der Waals surface area contributed by atoms with Crippen molar-refractivity contribution in [2.45, 2.75) is 25.7 Å². The van der Waals surface area contributed by atoms with Crippen LogP contribution in [-0.2, 0) is 0 Å². The maximum atomic E-state index is 5.27. The van der Waals surface area contributed by atoms with Gasteiger partial charge in [-0.3, -0.25) is 0 Å². The van der Waals surface area contributed by atoms with Crippen molar-refractivity contribution in [2.24, 2.45) is 0 Å². The third-order valence-electron chi connectivity index (χ3n) is 4.35. The fraction of sp³-hybridized carbons (Fsp3) is 0.500. The van der Waals surface area contributed by atoms with Gasteiger partial charge in [0.2, 0.25) is 0 Å². The topological polar surface area (TPSA) is 15.5 Å². The summed E-state index contributed by atoms with van der Waals surface area (Å²) < 4.78 is 7.72. The maximum Gasteiger partial charge on any atom is 0.172 e. The van der Waals surface area contributed by atoms with Crippen molar-refractivity contribution in [3.8, 4) is 5.75 Å². The van der Waals surface area contributed by atoms with Gasteiger partial charge in [-0.1, -0.05) is 12.1 Å². The van der Waals surface area contributed by atoms with Crippen LogP contribution in [0.25, 0.3) is 5.57 Å². The van der Waals surface area contributed by atoms with E-state index in [9.17, 15) is 0 Å². The average molecular weight is 285 g/mol. The Labute approximate surface area is 127 Å². The number of benzene rings is 1. The zero-order chi connectivity index (χ0) is 14.5. The van der Waals surface area contributed by atoms with Crippen LogP contribution in [0.3, 0.4) is 0 Å². The van der Waals surface area contributed by atoms with E-state index in [0.717, 1.165) is 5.75 Å². The predicted molar refractivity (Wildman–Crippen MR) is 87.1 cm³/mol. The van der Waals surface area contributed by atoms with E-state index in [0.29, 0.717) is 0 Å². The number of hydrogen-bond acceptors (Lipinski definition) is 2. The summed E-state index contributed by atoms with van der Waals surface area (Å²) in [6.45, 7) is 4.75. The number of hydrogen-bond donors (Lipinski definition) is 0. The molecule has 1 aromatic rings. The molecule has 3 nitrogen and oxygen atoms in total. The first-order chi connectivity index (χ1) is 10.3. The second kappa shape index (κ2) is 6.79. The van der Waals surface area contributed by atoms with E-state index in [1.165, 1.54) is 63.0 Å². The maximum absolute atomic E-state index is 5.27. The van der Waals surface area contributed by atoms with Crippen molar-refractivity contribution in [1.29, 1.82) is 0 Å². The molecule has 0 atom stereocenters. The van der Waals surface area contributed by atoms with Gasteiger partial charge in [-0.25, -0.2) is 4.58 Å². The van der Waals surface area contributed by atoms with Crippen LogP contribution in [0.15, 0.2) is 30.5 Å². The molecule has 0 aromatic heterocycles. The summed E-state index contributed by atoms with van der Waals surface area (Å²) in [6, 6.07) is 8.41. The SMILES string of the molecule is COc1ccc(/C(C=[N+]2CCCC2)=C\N2CCCC2)cc1. The Kier molecular flexibility index (Phi) is 4.59. The average Bonchev–Trinajstić information content (AvgIpc) is 3.20. The molecular weight excluding hydrogens is 260 g/mol. The molecule has 112 valence electrons. The molecule has 2 fully saturated rings. The highest BCUT2D eigenvalue weighted by molar-refractivity contribution is 6.07. The minimum Gasteiger partial charge on any atom is -0.497 e. The van der Waals surface area contributed by atoms with E-state index in [4.69, 9.17) is 4.74 Å². The highest BCUT2D eigenvalue weighted by Gasteiger charge is 2.16. The van der Waals surface area contributed by atoms with Gasteiger partial charge >= 0.3 is 0 Å². The van der Waals surface area contributed by atoms with Gasteiger partial charge in [0.1, 0.15) is 18.8 Å². The molecule has 0 N–H and O–H groups in total. The van der Waals surface area contributed by atoms with E-state index in [1.54, 1.807) is 7.11 Å². The number of methoxy groups -OCH3 is 1. The quantitative estimate of drug-likeness (QED) is 0.790. The third-order valence-corrected chi connectivity index (χ3v) is 4.35. The van der Waals surface area contributed by atoms with E-state index in [2.05, 4.69) is 34.0 Å². The molecule has 0 spiro atoms. The van der Waals surface area contributed by atoms with E-state index in [1.807, 2.05) is 12.1 Å². The van der Waals surface area contributed by atoms with Gasteiger partial charge in [0, 0.05) is 32.1 Å². The molecule has 0 saturated carbocycles. The molecular formula is C18H25N2O+. The lowest BCUT2D eigenvalue weighted by Gasteiger charge is -2.13. The molecule has 2 aliphatic heterocycles. The molecule has 3 rings (SSSR count). The zero-order valence-corrected chi connectivity index (χ0v) is 12.9. The summed E-state index contributed by atoms with van der Waals surface area (Å²) in [6.07, 6.45) is 9.94. The van der Waals surface area contributed by atoms with Crippen LogP contribution in [0, 0.1) is 0 Å². The molecule has 0 bridgehead atoms. The predicted octanol–water partition coefficient (Wildman–Crippen LogP) is 3.01. The van der Waals surface area contributed by atoms with Crippen molar-refractivity contribution in [3.05, 3.63) is 36.0 Å². The van der Waals surface area contributed by atoms with E-state index in [-0.39, 0.29) is 0 Å². The third kappa shape index (κ3) is 3.66. The summed E-state index contributed by atoms with van der Waals surface area (Å²) >= 11 is 0. The van der Waals surface area contributed by atoms with Crippen LogP contribution in [-0.4, -0.2) is 49.0 Å². The Hall–Kier alpha value is -1.77. The van der Waals surface area contributed by atoms with Gasteiger partial charge in [0.15, 0.2) is 6.21 Å². The monoisotopic (exact) mass is 285 g/mol. The number of rotatable bonds is 4. The Bertz CT molecular complexity index is 517. The summed E-state index contributed by atoms with van der Waals surface area (Å²) in [4.78, 5) is 2.45. The fourth-order valence-corrected chi connectivity index (χ4v) is 3.10. The second-order valence-corrected chi connectivity index (χ2v) is 5.93. The van der Waals surface area contributed by atoms with Crippen LogP contribution in [0.5, 0.6) is 5.75 Å². The minimum atomic E-state index is 0.917. The van der Waals surface area contributed by atoms with Gasteiger partial charge in [0.05, 0.1) is 12.7 Å². The Morgan fingerprint density at radius 2 is 1.71 bits per heavy atom. The number of ether oxygens (including phenoxy) is 1. The number of allylic oxidation sites excluding steroid dienone is 1. The molecule has 0 radical (unpaired) electrons. The van der Waals surface area contributed by atoms with Crippen LogP contribution < -0.4 is 4.74 Å². The van der Waals surface area contributed by atoms with Crippen LogP contribution in [0.4, 0.5) is 0 Å². The summed E-state index contributed by atoms with van der Waals surface area (Å²) in [5.74, 6) is 0.917. The zero-order valence-electron chi connectivity index (χ0n) is 12.9. The smallest absolute Gasteiger partial charge is 0.172 e. The van der Waals surface area contributed by atoms with Crippen molar-refractivity contribution in [1.82, 2.24) is 4.90 Å². The van der Waals surface area contributed by atoms with E-state index < -0.39 is 0 Å². The molecule has 3 heteroatoms. The molecule has 2 saturated heterocycles. The van der Waals surface area contributed by atoms with Crippen molar-refractivity contribution in [2.75, 3.05) is 33.3 Å². The summed E-state index contributed by atoms with van der Waals surface area (Å²) in [5.41, 5.74) is 2.59. The molecule has 0 aliphatic carbocycles. The standard InChI is InChI=1S/C18H25N2O/c1-21-18-8-6-16(7-9-18)17(14-19-10-2-3-11-19)15-20-12-4-5-13-20/h6-9,14-15H,2-5,10-13H2,1H3/q+1. The Morgan fingerprint density at radius 3 is 2.33 bits per heavy atom. The molecule has 2 heterocycles. The molecule has 21 heavy (non-hydrogen) atoms. The number of likely N-dealkylation sites (tertiary alicyclic amines) is 1. The molecule has 1 aromatic carbocycles. The lowest BCUT2D eigenvalue weighted by Crippen LogP contribution is -2.14. The Morgan fingerprint density at radius 1 is 1.05 bits per heavy atom. The summed E-state index contributed by atoms with van der Waals surface area (Å²) in [5, 5.41) is 0. The Balaban J connectivity index is 1.88. The van der Waals surface area contributed by atoms with Crippen LogP contribution in [0.1, 0.15) is 31.2 Å². The van der Waals surface area contributed by atoms with Gasteiger partial charge in [-0.05, 0) is 30.5 Å². The molecule has 0 amide bonds. The first-order valence-electron chi connectivity index (χ1n) is 8.04. The molecule has 0 unspecified atom stereocenters. The van der Waals surface area contributed by atoms with Crippen molar-refractivity contribution < 1.29 is 9.31 Å². The number of nitrogens with zero attached hydrogens (tertiary/aromatic N) is 2. The lowest BCUT2D eigenvalue weighted by atomic mass is 10.1. The largest absolute Gasteiger partial charge is 0.497 e. The minimum absolute atomic E-state index is 0.917. The highest BCUT2D eigenvalue weighted by Crippen LogP contribution is 2.20. The van der Waals surface area contributed by atoms with Gasteiger partial charge < -0.3 is 9.64 Å². The first kappa shape index (κ1) is 14.2. The normalized spacial score (nSPS) is 19.2. The van der Waals surface area contributed by atoms with Crippen molar-refractivity contribution in [3.63, 3.8) is 0 Å². The van der Waals surface area contributed by atoms with Crippen LogP contribution in [0.2, 0.25) is 0 Å². The van der Waals surface area contributed by atoms with Gasteiger partial charge in [-0.2, -0.15) is 0 Å². The fourth-order valence-electron chi connectivity index (χ4n) is 3.10. The summed E-state index contributed by atoms with van der Waals surface area (Å²) in [7, 11) is 1.71. The highest BCUT2D eigenvalue weighted by atomic mass is 16.5. The van der Waals surface area contributed by atoms with Gasteiger partial charge in [-0.15, -0.1) is 0 Å². The van der Waals surface area contributed by atoms with Gasteiger partial charge in [0.25, 0.3) is 0 Å². The van der Waals surface area contributed by atoms with E-state index >= 15 is 0 Å². The lowest BCUT2D eigenvalue weighted by molar-refractivity contribution is -0.500.